The third kappa shape index (κ3) is 5.74. The summed E-state index contributed by atoms with van der Waals surface area (Å²) in [7, 11) is 1.96. The number of nitrogens with zero attached hydrogens (tertiary/aromatic N) is 3. The number of rotatable bonds is 7. The molecule has 1 heterocycles. The number of carbonyl (C=O) groups excluding carboxylic acids is 1. The van der Waals surface area contributed by atoms with Gasteiger partial charge in [-0.25, -0.2) is 0 Å². The fourth-order valence-corrected chi connectivity index (χ4v) is 3.80. The molecule has 0 atom stereocenters. The normalized spacial score (nSPS) is 11.0. The van der Waals surface area contributed by atoms with E-state index in [4.69, 9.17) is 23.2 Å². The van der Waals surface area contributed by atoms with Crippen molar-refractivity contribution in [3.63, 3.8) is 0 Å². The molecule has 0 aliphatic carbocycles. The van der Waals surface area contributed by atoms with Gasteiger partial charge >= 0.3 is 0 Å². The van der Waals surface area contributed by atoms with E-state index < -0.39 is 0 Å². The van der Waals surface area contributed by atoms with Crippen LogP contribution in [0.25, 0.3) is 0 Å². The van der Waals surface area contributed by atoms with Gasteiger partial charge in [0.05, 0.1) is 6.54 Å². The molecule has 0 aliphatic rings. The number of nitrogens with one attached hydrogen (secondary N) is 1. The van der Waals surface area contributed by atoms with E-state index in [1.165, 1.54) is 11.3 Å². The Morgan fingerprint density at radius 3 is 2.63 bits per heavy atom. The molecule has 0 saturated heterocycles. The zero-order chi connectivity index (χ0) is 19.2. The number of aromatic nitrogens is 2. The summed E-state index contributed by atoms with van der Waals surface area (Å²) >= 11 is 13.4. The van der Waals surface area contributed by atoms with Gasteiger partial charge in [0.1, 0.15) is 5.01 Å². The summed E-state index contributed by atoms with van der Waals surface area (Å²) < 4.78 is 0. The van der Waals surface area contributed by atoms with Crippen LogP contribution in [0.3, 0.4) is 0 Å². The third-order valence-electron chi connectivity index (χ3n) is 3.82. The predicted octanol–water partition coefficient (Wildman–Crippen LogP) is 4.41. The lowest BCUT2D eigenvalue weighted by atomic mass is 10.2. The first-order chi connectivity index (χ1) is 13.0. The van der Waals surface area contributed by atoms with E-state index in [0.29, 0.717) is 34.7 Å². The monoisotopic (exact) mass is 420 g/mol. The Morgan fingerprint density at radius 1 is 1.11 bits per heavy atom. The molecule has 0 spiro atoms. The minimum atomic E-state index is -0.217. The van der Waals surface area contributed by atoms with Gasteiger partial charge in [0.2, 0.25) is 5.01 Å². The molecule has 3 aromatic rings. The summed E-state index contributed by atoms with van der Waals surface area (Å²) in [6.45, 7) is 1.68. The maximum Gasteiger partial charge on any atom is 0.282 e. The molecule has 3 rings (SSSR count). The van der Waals surface area contributed by atoms with Crippen LogP contribution in [-0.2, 0) is 19.6 Å². The summed E-state index contributed by atoms with van der Waals surface area (Å²) in [6.07, 6.45) is 0. The first-order valence-corrected chi connectivity index (χ1v) is 9.85. The van der Waals surface area contributed by atoms with Gasteiger partial charge in [-0.2, -0.15) is 0 Å². The summed E-state index contributed by atoms with van der Waals surface area (Å²) in [5.41, 5.74) is 2.02. The van der Waals surface area contributed by atoms with Crippen LogP contribution in [0, 0.1) is 0 Å². The van der Waals surface area contributed by atoms with Gasteiger partial charge in [0.15, 0.2) is 0 Å². The number of hydrogen-bond donors (Lipinski definition) is 1. The zero-order valence-corrected chi connectivity index (χ0v) is 17.0. The SMILES string of the molecule is CN(Cc1nnc(C(=O)NCc2ccccc2)s1)Cc1ccc(Cl)cc1Cl. The van der Waals surface area contributed by atoms with Crippen molar-refractivity contribution in [2.75, 3.05) is 7.05 Å². The second-order valence-electron chi connectivity index (χ2n) is 6.08. The van der Waals surface area contributed by atoms with Crippen molar-refractivity contribution < 1.29 is 4.79 Å². The second-order valence-corrected chi connectivity index (χ2v) is 7.98. The highest BCUT2D eigenvalue weighted by Gasteiger charge is 2.14. The lowest BCUT2D eigenvalue weighted by molar-refractivity contribution is 0.0950. The van der Waals surface area contributed by atoms with Crippen LogP contribution >= 0.6 is 34.5 Å². The molecule has 8 heteroatoms. The predicted molar refractivity (Wildman–Crippen MR) is 109 cm³/mol. The van der Waals surface area contributed by atoms with Gasteiger partial charge in [-0.3, -0.25) is 9.69 Å². The molecule has 1 aromatic heterocycles. The number of halogens is 2. The first kappa shape index (κ1) is 19.8. The lowest BCUT2D eigenvalue weighted by Crippen LogP contribution is -2.22. The summed E-state index contributed by atoms with van der Waals surface area (Å²) in [5.74, 6) is -0.217. The van der Waals surface area contributed by atoms with Gasteiger partial charge in [0, 0.05) is 23.1 Å². The fraction of sp³-hybridized carbons (Fsp3) is 0.211. The highest BCUT2D eigenvalue weighted by molar-refractivity contribution is 7.13. The molecule has 1 amide bonds. The largest absolute Gasteiger partial charge is 0.346 e. The van der Waals surface area contributed by atoms with Crippen molar-refractivity contribution in [2.45, 2.75) is 19.6 Å². The lowest BCUT2D eigenvalue weighted by Gasteiger charge is -2.15. The fourth-order valence-electron chi connectivity index (χ4n) is 2.49. The number of amides is 1. The van der Waals surface area contributed by atoms with Crippen LogP contribution in [-0.4, -0.2) is 28.1 Å². The molecule has 0 aliphatic heterocycles. The van der Waals surface area contributed by atoms with Crippen molar-refractivity contribution >= 4 is 40.4 Å². The van der Waals surface area contributed by atoms with Crippen molar-refractivity contribution in [1.82, 2.24) is 20.4 Å². The van der Waals surface area contributed by atoms with Gasteiger partial charge in [0.25, 0.3) is 5.91 Å². The maximum atomic E-state index is 12.2. The Labute approximate surface area is 171 Å². The molecule has 0 saturated carbocycles. The van der Waals surface area contributed by atoms with E-state index in [2.05, 4.69) is 20.4 Å². The topological polar surface area (TPSA) is 58.1 Å². The zero-order valence-electron chi connectivity index (χ0n) is 14.7. The van der Waals surface area contributed by atoms with E-state index >= 15 is 0 Å². The van der Waals surface area contributed by atoms with E-state index in [-0.39, 0.29) is 5.91 Å². The van der Waals surface area contributed by atoms with Crippen molar-refractivity contribution in [3.8, 4) is 0 Å². The minimum absolute atomic E-state index is 0.217. The first-order valence-electron chi connectivity index (χ1n) is 8.28. The number of benzene rings is 2. The van der Waals surface area contributed by atoms with Crippen LogP contribution in [0.5, 0.6) is 0 Å². The summed E-state index contributed by atoms with van der Waals surface area (Å²) in [5, 5.41) is 13.4. The Hall–Kier alpha value is -1.99. The van der Waals surface area contributed by atoms with E-state index in [1.54, 1.807) is 6.07 Å². The van der Waals surface area contributed by atoms with Crippen molar-refractivity contribution in [1.29, 1.82) is 0 Å². The highest BCUT2D eigenvalue weighted by Crippen LogP contribution is 2.22. The molecule has 2 aromatic carbocycles. The van der Waals surface area contributed by atoms with Gasteiger partial charge in [-0.05, 0) is 30.3 Å². The molecule has 27 heavy (non-hydrogen) atoms. The molecule has 140 valence electrons. The molecule has 5 nitrogen and oxygen atoms in total. The molecular formula is C19H18Cl2N4OS. The molecular weight excluding hydrogens is 403 g/mol. The smallest absolute Gasteiger partial charge is 0.282 e. The average Bonchev–Trinajstić information content (AvgIpc) is 3.11. The minimum Gasteiger partial charge on any atom is -0.346 e. The number of carbonyl (C=O) groups is 1. The molecule has 0 unspecified atom stereocenters. The van der Waals surface area contributed by atoms with E-state index in [1.807, 2.05) is 49.5 Å². The standard InChI is InChI=1S/C19H18Cl2N4OS/c1-25(11-14-7-8-15(20)9-16(14)21)12-17-23-24-19(27-17)18(26)22-10-13-5-3-2-4-6-13/h2-9H,10-12H2,1H3,(H,22,26). The summed E-state index contributed by atoms with van der Waals surface area (Å²) in [6, 6.07) is 15.2. The van der Waals surface area contributed by atoms with Crippen LogP contribution < -0.4 is 5.32 Å². The number of hydrogen-bond acceptors (Lipinski definition) is 5. The summed E-state index contributed by atoms with van der Waals surface area (Å²) in [4.78, 5) is 14.3. The van der Waals surface area contributed by atoms with Crippen LogP contribution in [0.1, 0.15) is 25.9 Å². The van der Waals surface area contributed by atoms with Gasteiger partial charge in [-0.1, -0.05) is 70.9 Å². The van der Waals surface area contributed by atoms with E-state index in [0.717, 1.165) is 16.1 Å². The maximum absolute atomic E-state index is 12.2. The highest BCUT2D eigenvalue weighted by atomic mass is 35.5. The Morgan fingerprint density at radius 2 is 1.89 bits per heavy atom. The third-order valence-corrected chi connectivity index (χ3v) is 5.31. The van der Waals surface area contributed by atoms with Crippen LogP contribution in [0.2, 0.25) is 10.0 Å². The van der Waals surface area contributed by atoms with Gasteiger partial charge in [-0.15, -0.1) is 10.2 Å². The van der Waals surface area contributed by atoms with Gasteiger partial charge < -0.3 is 5.32 Å². The average molecular weight is 421 g/mol. The van der Waals surface area contributed by atoms with Crippen molar-refractivity contribution in [3.05, 3.63) is 79.7 Å². The molecule has 0 bridgehead atoms. The molecule has 0 fully saturated rings. The second kappa shape index (κ2) is 9.28. The quantitative estimate of drug-likeness (QED) is 0.614. The van der Waals surface area contributed by atoms with Crippen LogP contribution in [0.4, 0.5) is 0 Å². The Balaban J connectivity index is 1.54. The molecule has 1 N–H and O–H groups in total. The Bertz CT molecular complexity index is 917. The Kier molecular flexibility index (Phi) is 6.79. The van der Waals surface area contributed by atoms with Crippen molar-refractivity contribution in [2.24, 2.45) is 0 Å². The van der Waals surface area contributed by atoms with Crippen LogP contribution in [0.15, 0.2) is 48.5 Å². The molecule has 0 radical (unpaired) electrons. The van der Waals surface area contributed by atoms with E-state index in [9.17, 15) is 4.79 Å².